The molecular formula is C20H29FN4O4S. The quantitative estimate of drug-likeness (QED) is 0.338. The summed E-state index contributed by atoms with van der Waals surface area (Å²) in [4.78, 5) is 24.1. The van der Waals surface area contributed by atoms with Gasteiger partial charge in [0.2, 0.25) is 5.91 Å². The Labute approximate surface area is 178 Å². The highest BCUT2D eigenvalue weighted by molar-refractivity contribution is 7.83. The summed E-state index contributed by atoms with van der Waals surface area (Å²) in [5, 5.41) is 2.24. The molecule has 2 fully saturated rings. The number of carbonyl (C=O) groups is 2. The Morgan fingerprint density at radius 3 is 2.77 bits per heavy atom. The van der Waals surface area contributed by atoms with Crippen molar-refractivity contribution in [1.82, 2.24) is 14.9 Å². The molecule has 0 radical (unpaired) electrons. The topological polar surface area (TPSA) is 114 Å². The van der Waals surface area contributed by atoms with Crippen LogP contribution in [0.4, 0.5) is 9.18 Å². The molecule has 1 aromatic carbocycles. The first-order valence-corrected chi connectivity index (χ1v) is 11.5. The van der Waals surface area contributed by atoms with Crippen molar-refractivity contribution >= 4 is 22.9 Å². The monoisotopic (exact) mass is 440 g/mol. The molecule has 3 rings (SSSR count). The standard InChI is InChI=1S/C20H29FN4O4S/c1-14(15-5-6-16(21)17(11-15)29-13-20(22)7-8-20)24-30(28)10-4-2-3-9-25-12-18(26)23-19(25)27/h5-6,11,14,24H,2-4,7-10,12-13,22H2,1H3,(H,23,26,27). The number of nitrogens with zero attached hydrogens (tertiary/aromatic N) is 1. The molecule has 166 valence electrons. The number of hydrogen-bond donors (Lipinski definition) is 3. The summed E-state index contributed by atoms with van der Waals surface area (Å²) >= 11 is 0. The third-order valence-corrected chi connectivity index (χ3v) is 6.57. The third-order valence-electron chi connectivity index (χ3n) is 5.30. The highest BCUT2D eigenvalue weighted by atomic mass is 32.2. The average Bonchev–Trinajstić information content (AvgIpc) is 3.34. The van der Waals surface area contributed by atoms with Gasteiger partial charge in [-0.1, -0.05) is 12.5 Å². The van der Waals surface area contributed by atoms with Crippen LogP contribution in [0.25, 0.3) is 0 Å². The van der Waals surface area contributed by atoms with E-state index in [9.17, 15) is 18.2 Å². The van der Waals surface area contributed by atoms with Crippen molar-refractivity contribution in [3.05, 3.63) is 29.6 Å². The van der Waals surface area contributed by atoms with Crippen LogP contribution in [0.15, 0.2) is 18.2 Å². The third kappa shape index (κ3) is 6.48. The maximum Gasteiger partial charge on any atom is 0.324 e. The highest BCUT2D eigenvalue weighted by Gasteiger charge is 2.39. The molecule has 30 heavy (non-hydrogen) atoms. The van der Waals surface area contributed by atoms with E-state index in [4.69, 9.17) is 10.5 Å². The predicted octanol–water partition coefficient (Wildman–Crippen LogP) is 1.73. The van der Waals surface area contributed by atoms with Crippen molar-refractivity contribution < 1.29 is 22.9 Å². The normalized spacial score (nSPS) is 19.5. The van der Waals surface area contributed by atoms with Crippen molar-refractivity contribution in [3.8, 4) is 5.75 Å². The lowest BCUT2D eigenvalue weighted by Gasteiger charge is -2.17. The molecule has 2 atom stereocenters. The van der Waals surface area contributed by atoms with Crippen LogP contribution < -0.4 is 20.5 Å². The number of carbonyl (C=O) groups excluding carboxylic acids is 2. The minimum atomic E-state index is -1.24. The summed E-state index contributed by atoms with van der Waals surface area (Å²) in [7, 11) is -1.24. The minimum absolute atomic E-state index is 0.111. The van der Waals surface area contributed by atoms with Gasteiger partial charge in [0, 0.05) is 18.3 Å². The zero-order valence-corrected chi connectivity index (χ0v) is 17.9. The second kappa shape index (κ2) is 9.84. The Kier molecular flexibility index (Phi) is 7.43. The number of nitrogens with one attached hydrogen (secondary N) is 2. The number of imide groups is 1. The number of benzene rings is 1. The van der Waals surface area contributed by atoms with E-state index >= 15 is 0 Å². The number of hydrogen-bond acceptors (Lipinski definition) is 5. The van der Waals surface area contributed by atoms with E-state index in [1.165, 1.54) is 11.0 Å². The molecule has 1 saturated heterocycles. The Morgan fingerprint density at radius 1 is 1.33 bits per heavy atom. The number of urea groups is 1. The van der Waals surface area contributed by atoms with Crippen molar-refractivity contribution in [3.63, 3.8) is 0 Å². The first-order valence-electron chi connectivity index (χ1n) is 10.2. The van der Waals surface area contributed by atoms with E-state index < -0.39 is 16.8 Å². The number of rotatable bonds is 12. The van der Waals surface area contributed by atoms with Gasteiger partial charge in [0.05, 0.1) is 16.5 Å². The number of unbranched alkanes of at least 4 members (excludes halogenated alkanes) is 2. The van der Waals surface area contributed by atoms with Gasteiger partial charge in [0.25, 0.3) is 0 Å². The Bertz CT molecular complexity index is 818. The smallest absolute Gasteiger partial charge is 0.324 e. The fourth-order valence-corrected chi connectivity index (χ4v) is 4.24. The maximum atomic E-state index is 14.0. The van der Waals surface area contributed by atoms with Gasteiger partial charge in [-0.3, -0.25) is 10.1 Å². The van der Waals surface area contributed by atoms with Gasteiger partial charge < -0.3 is 15.4 Å². The number of amides is 3. The molecule has 1 aliphatic heterocycles. The van der Waals surface area contributed by atoms with Gasteiger partial charge in [0.15, 0.2) is 11.6 Å². The molecule has 0 spiro atoms. The largest absolute Gasteiger partial charge is 0.489 e. The van der Waals surface area contributed by atoms with Crippen molar-refractivity contribution in [2.45, 2.75) is 50.6 Å². The Morgan fingerprint density at radius 2 is 2.10 bits per heavy atom. The molecular weight excluding hydrogens is 411 g/mol. The first kappa shape index (κ1) is 22.6. The molecule has 10 heteroatoms. The number of ether oxygens (including phenoxy) is 1. The Hall–Kier alpha value is -2.04. The lowest BCUT2D eigenvalue weighted by molar-refractivity contribution is -0.118. The lowest BCUT2D eigenvalue weighted by Crippen LogP contribution is -2.30. The predicted molar refractivity (Wildman–Crippen MR) is 112 cm³/mol. The van der Waals surface area contributed by atoms with Crippen LogP contribution in [0.5, 0.6) is 5.75 Å². The number of nitrogens with two attached hydrogens (primary N) is 1. The fraction of sp³-hybridized carbons (Fsp3) is 0.600. The molecule has 1 aromatic rings. The summed E-state index contributed by atoms with van der Waals surface area (Å²) < 4.78 is 34.9. The Balaban J connectivity index is 1.37. The van der Waals surface area contributed by atoms with E-state index in [0.29, 0.717) is 12.3 Å². The molecule has 0 bridgehead atoms. The van der Waals surface area contributed by atoms with Crippen molar-refractivity contribution in [1.29, 1.82) is 0 Å². The zero-order chi connectivity index (χ0) is 21.7. The van der Waals surface area contributed by atoms with Crippen molar-refractivity contribution in [2.75, 3.05) is 25.4 Å². The van der Waals surface area contributed by atoms with Crippen LogP contribution >= 0.6 is 0 Å². The molecule has 8 nitrogen and oxygen atoms in total. The lowest BCUT2D eigenvalue weighted by atomic mass is 10.1. The summed E-state index contributed by atoms with van der Waals surface area (Å²) in [5.74, 6) is -0.0862. The minimum Gasteiger partial charge on any atom is -0.489 e. The molecule has 2 unspecified atom stereocenters. The maximum absolute atomic E-state index is 14.0. The second-order valence-electron chi connectivity index (χ2n) is 8.07. The van der Waals surface area contributed by atoms with Crippen molar-refractivity contribution in [2.24, 2.45) is 5.73 Å². The summed E-state index contributed by atoms with van der Waals surface area (Å²) in [6, 6.07) is 4.04. The molecule has 3 amide bonds. The average molecular weight is 441 g/mol. The van der Waals surface area contributed by atoms with Crippen LogP contribution in [-0.4, -0.2) is 52.0 Å². The molecule has 1 aliphatic carbocycles. The van der Waals surface area contributed by atoms with E-state index in [0.717, 1.165) is 37.7 Å². The van der Waals surface area contributed by atoms with Gasteiger partial charge >= 0.3 is 6.03 Å². The van der Waals surface area contributed by atoms with E-state index in [2.05, 4.69) is 10.0 Å². The summed E-state index contributed by atoms with van der Waals surface area (Å²) in [5.41, 5.74) is 6.44. The van der Waals surface area contributed by atoms with E-state index in [1.807, 2.05) is 6.92 Å². The van der Waals surface area contributed by atoms with Crippen LogP contribution in [0.1, 0.15) is 50.6 Å². The van der Waals surface area contributed by atoms with Gasteiger partial charge in [0.1, 0.15) is 13.2 Å². The molecule has 0 aromatic heterocycles. The van der Waals surface area contributed by atoms with Crippen LogP contribution in [0.2, 0.25) is 0 Å². The number of halogens is 1. The first-order chi connectivity index (χ1) is 14.3. The molecule has 1 saturated carbocycles. The SMILES string of the molecule is CC(NS(=O)CCCCCN1CC(=O)NC1=O)c1ccc(F)c(OCC2(N)CC2)c1. The van der Waals surface area contributed by atoms with Crippen LogP contribution in [0.3, 0.4) is 0 Å². The van der Waals surface area contributed by atoms with Gasteiger partial charge in [-0.25, -0.2) is 18.1 Å². The molecule has 4 N–H and O–H groups in total. The summed E-state index contributed by atoms with van der Waals surface area (Å²) in [6.45, 7) is 2.77. The van der Waals surface area contributed by atoms with Crippen LogP contribution in [-0.2, 0) is 15.8 Å². The van der Waals surface area contributed by atoms with E-state index in [1.54, 1.807) is 12.1 Å². The van der Waals surface area contributed by atoms with E-state index in [-0.39, 0.29) is 42.4 Å². The molecule has 1 heterocycles. The van der Waals surface area contributed by atoms with Gasteiger partial charge in [-0.2, -0.15) is 0 Å². The fourth-order valence-electron chi connectivity index (χ4n) is 3.13. The molecule has 2 aliphatic rings. The summed E-state index contributed by atoms with van der Waals surface area (Å²) in [6.07, 6.45) is 4.04. The van der Waals surface area contributed by atoms with Crippen LogP contribution in [0, 0.1) is 5.82 Å². The van der Waals surface area contributed by atoms with Gasteiger partial charge in [-0.05, 0) is 50.3 Å². The highest BCUT2D eigenvalue weighted by Crippen LogP contribution is 2.33. The zero-order valence-electron chi connectivity index (χ0n) is 17.1. The van der Waals surface area contributed by atoms with Gasteiger partial charge in [-0.15, -0.1) is 0 Å². The second-order valence-corrected chi connectivity index (χ2v) is 9.40.